The summed E-state index contributed by atoms with van der Waals surface area (Å²) in [4.78, 5) is 28.5. The number of carboxylic acid groups (broad SMARTS) is 1. The first-order valence-corrected chi connectivity index (χ1v) is 5.80. The van der Waals surface area contributed by atoms with E-state index in [-0.39, 0.29) is 21.2 Å². The van der Waals surface area contributed by atoms with E-state index in [9.17, 15) is 14.0 Å². The number of hydrogen-bond acceptors (Lipinski definition) is 5. The van der Waals surface area contributed by atoms with Crippen LogP contribution in [0.15, 0.2) is 0 Å². The molecule has 0 bridgehead atoms. The molecule has 0 spiro atoms. The van der Waals surface area contributed by atoms with Gasteiger partial charge in [0, 0.05) is 0 Å². The van der Waals surface area contributed by atoms with Crippen LogP contribution in [0, 0.1) is 30.7 Å². The Morgan fingerprint density at radius 1 is 1.47 bits per heavy atom. The Morgan fingerprint density at radius 3 is 2.53 bits per heavy atom. The van der Waals surface area contributed by atoms with E-state index in [1.54, 1.807) is 0 Å². The fourth-order valence-corrected chi connectivity index (χ4v) is 1.93. The van der Waals surface area contributed by atoms with Gasteiger partial charge in [0.15, 0.2) is 0 Å². The van der Waals surface area contributed by atoms with E-state index in [0.29, 0.717) is 0 Å². The van der Waals surface area contributed by atoms with Crippen molar-refractivity contribution in [2.75, 3.05) is 0 Å². The molecule has 17 heavy (non-hydrogen) atoms. The average Bonchev–Trinajstić information content (AvgIpc) is 2.22. The van der Waals surface area contributed by atoms with Crippen LogP contribution in [0.3, 0.4) is 0 Å². The number of aliphatic carboxylic acids is 1. The van der Waals surface area contributed by atoms with Crippen molar-refractivity contribution in [2.24, 2.45) is 11.5 Å². The van der Waals surface area contributed by atoms with Crippen LogP contribution in [0.5, 0.6) is 0 Å². The Morgan fingerprint density at radius 2 is 2.06 bits per heavy atom. The molecule has 0 fully saturated rings. The molecule has 0 saturated heterocycles. The topological polar surface area (TPSA) is 132 Å². The normalized spacial score (nSPS) is 12.2. The van der Waals surface area contributed by atoms with Crippen LogP contribution >= 0.6 is 0 Å². The quantitative estimate of drug-likeness (QED) is 0.492. The van der Waals surface area contributed by atoms with Gasteiger partial charge in [0.25, 0.3) is 0 Å². The van der Waals surface area contributed by atoms with Gasteiger partial charge in [-0.1, -0.05) is 0 Å². The van der Waals surface area contributed by atoms with Gasteiger partial charge in [0.1, 0.15) is 0 Å². The first-order valence-electron chi connectivity index (χ1n) is 4.33. The molecule has 1 aromatic heterocycles. The molecule has 92 valence electrons. The van der Waals surface area contributed by atoms with Crippen LogP contribution in [0.1, 0.15) is 16.2 Å². The minimum absolute atomic E-state index is 0.187. The zero-order valence-corrected chi connectivity index (χ0v) is 11.3. The molecule has 0 saturated carbocycles. The molecule has 1 amide bonds. The zero-order chi connectivity index (χ0) is 13.2. The summed E-state index contributed by atoms with van der Waals surface area (Å²) >= 11 is 0.986. The molecule has 7 nitrogen and oxygen atoms in total. The van der Waals surface area contributed by atoms with Gasteiger partial charge in [0.2, 0.25) is 0 Å². The van der Waals surface area contributed by atoms with Crippen molar-refractivity contribution >= 4 is 15.3 Å². The molecule has 1 unspecified atom stereocenters. The predicted octanol–water partition coefficient (Wildman–Crippen LogP) is -2.16. The van der Waals surface area contributed by atoms with Gasteiger partial charge >= 0.3 is 110 Å². The van der Waals surface area contributed by atoms with E-state index in [4.69, 9.17) is 16.6 Å². The van der Waals surface area contributed by atoms with Crippen molar-refractivity contribution in [1.29, 1.82) is 0 Å². The number of amides is 1. The Kier molecular flexibility index (Phi) is 4.42. The molecule has 5 N–H and O–H groups in total. The molecule has 9 heteroatoms. The summed E-state index contributed by atoms with van der Waals surface area (Å²) in [6.07, 6.45) is -0.303. The first-order chi connectivity index (χ1) is 7.82. The van der Waals surface area contributed by atoms with Crippen molar-refractivity contribution in [3.8, 4) is 0 Å². The maximum atomic E-state index is 13.4. The molecule has 1 atom stereocenters. The number of hydrogen-bond donors (Lipinski definition) is 3. The number of nitrogens with two attached hydrogens (primary N) is 2. The number of rotatable bonds is 4. The van der Waals surface area contributed by atoms with Gasteiger partial charge in [-0.05, 0) is 0 Å². The number of carbonyl (C=O) groups is 2. The molecular weight excluding hydrogens is 429 g/mol. The molecule has 0 aliphatic rings. The molecular formula is C8H8AtFN4O3. The monoisotopic (exact) mass is 437 g/mol. The van der Waals surface area contributed by atoms with Crippen molar-refractivity contribution in [3.63, 3.8) is 0 Å². The summed E-state index contributed by atoms with van der Waals surface area (Å²) in [7, 11) is 0. The van der Waals surface area contributed by atoms with Crippen LogP contribution in [0.4, 0.5) is 4.39 Å². The minimum atomic E-state index is -1.27. The SMILES string of the molecule is NC(=O)c1nc(F)c(CC(N)C(=O)O)nc1[At]. The van der Waals surface area contributed by atoms with Gasteiger partial charge in [0.05, 0.1) is 0 Å². The van der Waals surface area contributed by atoms with E-state index in [1.165, 1.54) is 0 Å². The van der Waals surface area contributed by atoms with Crippen molar-refractivity contribution in [1.82, 2.24) is 9.97 Å². The molecule has 1 rings (SSSR count). The van der Waals surface area contributed by atoms with E-state index < -0.39 is 23.9 Å². The van der Waals surface area contributed by atoms with E-state index in [2.05, 4.69) is 9.97 Å². The molecule has 1 aromatic rings. The van der Waals surface area contributed by atoms with E-state index >= 15 is 0 Å². The fraction of sp³-hybridized carbons (Fsp3) is 0.250. The number of halogens is 1. The van der Waals surface area contributed by atoms with Gasteiger partial charge in [-0.2, -0.15) is 0 Å². The van der Waals surface area contributed by atoms with Crippen LogP contribution < -0.4 is 14.9 Å². The molecule has 0 radical (unpaired) electrons. The number of aromatic nitrogens is 2. The number of carbonyl (C=O) groups excluding carboxylic acids is 1. The van der Waals surface area contributed by atoms with Crippen LogP contribution in [0.2, 0.25) is 0 Å². The second-order valence-corrected chi connectivity index (χ2v) is 4.51. The fourth-order valence-electron chi connectivity index (χ4n) is 1.01. The number of primary amides is 1. The first kappa shape index (κ1) is 13.9. The van der Waals surface area contributed by atoms with E-state index in [1.807, 2.05) is 0 Å². The molecule has 0 aliphatic carbocycles. The van der Waals surface area contributed by atoms with Crippen molar-refractivity contribution < 1.29 is 43.8 Å². The van der Waals surface area contributed by atoms with E-state index in [0.717, 1.165) is 24.7 Å². The van der Waals surface area contributed by atoms with Gasteiger partial charge in [-0.3, -0.25) is 0 Å². The summed E-state index contributed by atoms with van der Waals surface area (Å²) in [6.45, 7) is 0. The van der Waals surface area contributed by atoms with Gasteiger partial charge in [-0.25, -0.2) is 0 Å². The standard InChI is InChI=1S/C8H8AtFN4O3/c9-5-4(7(12)15)14-6(10)3(13-5)1-2(11)8(16)17/h2H,1,11H2,(H2,12,15)(H,16,17). The summed E-state index contributed by atoms with van der Waals surface area (Å²) < 4.78 is 13.6. The molecule has 0 aliphatic heterocycles. The Bertz CT molecular complexity index is 482. The van der Waals surface area contributed by atoms with Crippen LogP contribution in [-0.4, -0.2) is 33.0 Å². The van der Waals surface area contributed by atoms with Gasteiger partial charge in [-0.15, -0.1) is 0 Å². The van der Waals surface area contributed by atoms with Gasteiger partial charge < -0.3 is 0 Å². The Hall–Kier alpha value is -1.21. The average molecular weight is 437 g/mol. The maximum absolute atomic E-state index is 13.4. The predicted molar refractivity (Wildman–Crippen MR) is 49.5 cm³/mol. The Labute approximate surface area is 110 Å². The molecule has 0 aromatic carbocycles. The number of nitrogens with zero attached hydrogens (tertiary/aromatic N) is 2. The summed E-state index contributed by atoms with van der Waals surface area (Å²) in [6, 6.07) is -1.27. The number of carboxylic acids is 1. The third kappa shape index (κ3) is 3.37. The van der Waals surface area contributed by atoms with Crippen molar-refractivity contribution in [2.45, 2.75) is 12.5 Å². The summed E-state index contributed by atoms with van der Waals surface area (Å²) in [5.41, 5.74) is 9.76. The summed E-state index contributed by atoms with van der Waals surface area (Å²) in [5, 5.41) is 8.58. The Balaban J connectivity index is 3.08. The zero-order valence-electron chi connectivity index (χ0n) is 8.35. The summed E-state index contributed by atoms with van der Waals surface area (Å²) in [5.74, 6) is -3.19. The van der Waals surface area contributed by atoms with Crippen LogP contribution in [-0.2, 0) is 11.2 Å². The second-order valence-electron chi connectivity index (χ2n) is 3.11. The second kappa shape index (κ2) is 5.42. The third-order valence-corrected chi connectivity index (χ3v) is 2.86. The van der Waals surface area contributed by atoms with Crippen molar-refractivity contribution in [3.05, 3.63) is 17.3 Å². The third-order valence-electron chi connectivity index (χ3n) is 1.84. The van der Waals surface area contributed by atoms with Crippen LogP contribution in [0.25, 0.3) is 0 Å². The molecule has 1 heterocycles.